The van der Waals surface area contributed by atoms with E-state index in [-0.39, 0.29) is 29.1 Å². The Kier molecular flexibility index (Phi) is 6.83. The highest BCUT2D eigenvalue weighted by molar-refractivity contribution is 5.67. The number of carbonyl (C=O) groups is 1. The molecular weight excluding hydrogens is 462 g/mol. The first-order valence-electron chi connectivity index (χ1n) is 15.4. The van der Waals surface area contributed by atoms with Gasteiger partial charge in [0.05, 0.1) is 18.3 Å². The fourth-order valence-electron chi connectivity index (χ4n) is 11.3. The maximum Gasteiger partial charge on any atom is 0.407 e. The molecule has 0 aromatic rings. The fourth-order valence-corrected chi connectivity index (χ4v) is 11.3. The topological polar surface area (TPSA) is 67.8 Å². The Morgan fingerprint density at radius 1 is 1.05 bits per heavy atom. The van der Waals surface area contributed by atoms with Crippen LogP contribution in [0.15, 0.2) is 0 Å². The van der Waals surface area contributed by atoms with Crippen LogP contribution in [0.2, 0.25) is 0 Å². The molecule has 4 saturated carbocycles. The lowest BCUT2D eigenvalue weighted by molar-refractivity contribution is -0.168. The van der Waals surface area contributed by atoms with E-state index in [4.69, 9.17) is 9.47 Å². The van der Waals surface area contributed by atoms with Crippen molar-refractivity contribution < 1.29 is 19.4 Å². The van der Waals surface area contributed by atoms with Gasteiger partial charge in [0.15, 0.2) is 0 Å². The van der Waals surface area contributed by atoms with Crippen molar-refractivity contribution in [1.82, 2.24) is 5.32 Å². The second kappa shape index (κ2) is 9.11. The number of aliphatic hydroxyl groups excluding tert-OH is 1. The molecule has 10 atom stereocenters. The monoisotopic (exact) mass is 517 g/mol. The summed E-state index contributed by atoms with van der Waals surface area (Å²) < 4.78 is 12.7. The third kappa shape index (κ3) is 4.28. The summed E-state index contributed by atoms with van der Waals surface area (Å²) in [5, 5.41) is 13.5. The summed E-state index contributed by atoms with van der Waals surface area (Å²) in [6.45, 7) is 16.5. The maximum absolute atomic E-state index is 11.9. The van der Waals surface area contributed by atoms with Gasteiger partial charge in [0.25, 0.3) is 0 Å². The Morgan fingerprint density at radius 2 is 1.78 bits per heavy atom. The zero-order valence-electron chi connectivity index (χ0n) is 25.0. The van der Waals surface area contributed by atoms with Crippen LogP contribution in [0.1, 0.15) is 119 Å². The summed E-state index contributed by atoms with van der Waals surface area (Å²) in [4.78, 5) is 11.9. The van der Waals surface area contributed by atoms with Crippen molar-refractivity contribution in [2.45, 2.75) is 143 Å². The number of aliphatic hydroxyl groups is 1. The van der Waals surface area contributed by atoms with Crippen molar-refractivity contribution in [3.63, 3.8) is 0 Å². The number of rotatable bonds is 3. The largest absolute Gasteiger partial charge is 0.443 e. The Bertz CT molecular complexity index is 886. The van der Waals surface area contributed by atoms with Crippen LogP contribution < -0.4 is 5.32 Å². The number of hydrogen-bond acceptors (Lipinski definition) is 4. The second-order valence-electron chi connectivity index (χ2n) is 15.8. The number of ether oxygens (including phenoxy) is 2. The molecule has 0 aromatic heterocycles. The molecule has 1 amide bonds. The van der Waals surface area contributed by atoms with Crippen molar-refractivity contribution in [2.75, 3.05) is 7.05 Å². The van der Waals surface area contributed by atoms with Crippen LogP contribution in [-0.2, 0) is 9.47 Å². The lowest BCUT2D eigenvalue weighted by atomic mass is 9.42. The average molecular weight is 518 g/mol. The minimum Gasteiger partial charge on any atom is -0.443 e. The Labute approximate surface area is 226 Å². The fraction of sp³-hybridized carbons (Fsp3) is 0.969. The molecule has 0 radical (unpaired) electrons. The zero-order chi connectivity index (χ0) is 27.0. The quantitative estimate of drug-likeness (QED) is 0.419. The summed E-state index contributed by atoms with van der Waals surface area (Å²) in [5.74, 6) is 2.61. The third-order valence-corrected chi connectivity index (χ3v) is 13.1. The Hall–Kier alpha value is -0.810. The molecule has 5 nitrogen and oxygen atoms in total. The summed E-state index contributed by atoms with van der Waals surface area (Å²) in [6, 6.07) is 0. The number of nitrogens with one attached hydrogen (secondary N) is 1. The van der Waals surface area contributed by atoms with Gasteiger partial charge in [0.1, 0.15) is 5.60 Å². The number of fused-ring (bicyclic) bond motifs is 5. The number of alkyl carbamates (subject to hydrolysis) is 1. The van der Waals surface area contributed by atoms with Gasteiger partial charge in [-0.3, -0.25) is 0 Å². The summed E-state index contributed by atoms with van der Waals surface area (Å²) >= 11 is 0. The van der Waals surface area contributed by atoms with Crippen LogP contribution in [0.25, 0.3) is 0 Å². The number of hydrogen-bond donors (Lipinski definition) is 2. The van der Waals surface area contributed by atoms with E-state index in [1.807, 2.05) is 13.8 Å². The molecule has 1 spiro atoms. The molecule has 212 valence electrons. The molecule has 5 heteroatoms. The first kappa shape index (κ1) is 27.7. The van der Waals surface area contributed by atoms with E-state index in [0.29, 0.717) is 34.7 Å². The molecule has 1 heterocycles. The number of carbonyl (C=O) groups excluding carboxylic acids is 1. The molecule has 1 saturated heterocycles. The van der Waals surface area contributed by atoms with Gasteiger partial charge >= 0.3 is 6.09 Å². The molecule has 5 fully saturated rings. The highest BCUT2D eigenvalue weighted by Gasteiger charge is 2.67. The Morgan fingerprint density at radius 3 is 2.49 bits per heavy atom. The van der Waals surface area contributed by atoms with Gasteiger partial charge in [-0.25, -0.2) is 4.79 Å². The van der Waals surface area contributed by atoms with E-state index in [1.165, 1.54) is 51.4 Å². The van der Waals surface area contributed by atoms with Gasteiger partial charge in [0.2, 0.25) is 0 Å². The average Bonchev–Trinajstić information content (AvgIpc) is 3.02. The van der Waals surface area contributed by atoms with Crippen molar-refractivity contribution >= 4 is 6.09 Å². The van der Waals surface area contributed by atoms with Crippen LogP contribution in [0.3, 0.4) is 0 Å². The van der Waals surface area contributed by atoms with E-state index < -0.39 is 5.60 Å². The lowest BCUT2D eigenvalue weighted by Crippen LogP contribution is -2.57. The lowest BCUT2D eigenvalue weighted by Gasteiger charge is -2.63. The van der Waals surface area contributed by atoms with Gasteiger partial charge in [-0.2, -0.15) is 0 Å². The van der Waals surface area contributed by atoms with Gasteiger partial charge in [0, 0.05) is 13.5 Å². The molecule has 2 bridgehead atoms. The molecule has 4 aliphatic carbocycles. The Balaban J connectivity index is 1.38. The smallest absolute Gasteiger partial charge is 0.407 e. The molecule has 37 heavy (non-hydrogen) atoms. The predicted octanol–water partition coefficient (Wildman–Crippen LogP) is 7.10. The molecule has 0 aromatic carbocycles. The van der Waals surface area contributed by atoms with Crippen molar-refractivity contribution in [1.29, 1.82) is 0 Å². The molecule has 2 N–H and O–H groups in total. The van der Waals surface area contributed by atoms with Crippen molar-refractivity contribution in [3.05, 3.63) is 0 Å². The van der Waals surface area contributed by atoms with Gasteiger partial charge in [-0.05, 0) is 117 Å². The van der Waals surface area contributed by atoms with E-state index in [1.54, 1.807) is 7.05 Å². The van der Waals surface area contributed by atoms with Crippen LogP contribution in [0.5, 0.6) is 0 Å². The number of amides is 1. The van der Waals surface area contributed by atoms with E-state index in [2.05, 4.69) is 39.9 Å². The van der Waals surface area contributed by atoms with Gasteiger partial charge < -0.3 is 19.9 Å². The van der Waals surface area contributed by atoms with Crippen LogP contribution in [0, 0.1) is 45.3 Å². The second-order valence-corrected chi connectivity index (χ2v) is 15.8. The van der Waals surface area contributed by atoms with E-state index in [9.17, 15) is 9.90 Å². The van der Waals surface area contributed by atoms with Crippen LogP contribution in [-0.4, -0.2) is 42.2 Å². The summed E-state index contributed by atoms with van der Waals surface area (Å²) in [6.07, 6.45) is 13.0. The van der Waals surface area contributed by atoms with E-state index >= 15 is 0 Å². The van der Waals surface area contributed by atoms with Crippen molar-refractivity contribution in [3.8, 4) is 0 Å². The summed E-state index contributed by atoms with van der Waals surface area (Å²) in [5.41, 5.74) is 0.496. The highest BCUT2D eigenvalue weighted by atomic mass is 16.6. The highest BCUT2D eigenvalue weighted by Crippen LogP contribution is 2.73. The maximum atomic E-state index is 11.9. The summed E-state index contributed by atoms with van der Waals surface area (Å²) in [7, 11) is 1.61. The molecule has 5 aliphatic rings. The van der Waals surface area contributed by atoms with Gasteiger partial charge in [-0.1, -0.05) is 41.0 Å². The van der Waals surface area contributed by atoms with Crippen LogP contribution in [0.4, 0.5) is 4.79 Å². The van der Waals surface area contributed by atoms with Gasteiger partial charge in [-0.15, -0.1) is 0 Å². The van der Waals surface area contributed by atoms with E-state index in [0.717, 1.165) is 25.2 Å². The molecule has 10 unspecified atom stereocenters. The molecular formula is C32H55NO4. The normalized spacial score (nSPS) is 49.1. The zero-order valence-corrected chi connectivity index (χ0v) is 25.0. The molecule has 1 aliphatic heterocycles. The first-order valence-corrected chi connectivity index (χ1v) is 15.4. The minimum absolute atomic E-state index is 0.0324. The molecule has 5 rings (SSSR count). The third-order valence-electron chi connectivity index (χ3n) is 13.1. The van der Waals surface area contributed by atoms with Crippen molar-refractivity contribution in [2.24, 2.45) is 45.3 Å². The first-order chi connectivity index (χ1) is 17.2. The SMILES string of the molecule is CNC(=O)OC(C)(C)CC1CC(C)C2C(CC3(C)C4CCC5C(CCCC23C)(CCC(O)C5(C)C)C4)O1. The standard InChI is InChI=1S/C32H55NO4/c1-20-16-22(18-28(2,3)37-27(35)33-8)36-23-19-31(7)21-10-11-24-29(4,5)25(34)12-15-32(24,17-21)14-9-13-30(31,6)26(20)23/h20-26,34H,9-19H2,1-8H3,(H,33,35). The minimum atomic E-state index is -0.547. The predicted molar refractivity (Wildman–Crippen MR) is 147 cm³/mol. The van der Waals surface area contributed by atoms with Crippen LogP contribution >= 0.6 is 0 Å².